The largest absolute Gasteiger partial charge is 0.324 e. The van der Waals surface area contributed by atoms with Crippen molar-refractivity contribution in [3.8, 4) is 16.8 Å². The molecule has 5 aromatic rings. The van der Waals surface area contributed by atoms with E-state index >= 15 is 4.39 Å². The molecule has 3 aromatic heterocycles. The molecule has 0 spiro atoms. The summed E-state index contributed by atoms with van der Waals surface area (Å²) in [6.45, 7) is 8.17. The molecule has 37 heavy (non-hydrogen) atoms. The molecule has 2 N–H and O–H groups in total. The van der Waals surface area contributed by atoms with E-state index in [1.165, 1.54) is 12.1 Å². The molecule has 0 atom stereocenters. The number of hydrogen-bond acceptors (Lipinski definition) is 4. The fourth-order valence-electron chi connectivity index (χ4n) is 4.06. The number of aryl methyl sites for hydroxylation is 2. The number of hydrogen-bond donors (Lipinski definition) is 2. The highest BCUT2D eigenvalue weighted by Crippen LogP contribution is 2.30. The number of aromatic nitrogens is 5. The molecule has 0 saturated carbocycles. The zero-order chi connectivity index (χ0) is 26.3. The van der Waals surface area contributed by atoms with E-state index in [0.29, 0.717) is 11.4 Å². The van der Waals surface area contributed by atoms with Crippen molar-refractivity contribution in [1.29, 1.82) is 0 Å². The van der Waals surface area contributed by atoms with Crippen LogP contribution < -0.4 is 10.6 Å². The molecule has 0 saturated heterocycles. The molecule has 2 amide bonds. The van der Waals surface area contributed by atoms with Gasteiger partial charge >= 0.3 is 6.03 Å². The average molecular weight is 498 g/mol. The van der Waals surface area contributed by atoms with Crippen LogP contribution in [0.1, 0.15) is 32.0 Å². The third-order valence-electron chi connectivity index (χ3n) is 6.20. The highest BCUT2D eigenvalue weighted by Gasteiger charge is 2.22. The van der Waals surface area contributed by atoms with Crippen LogP contribution in [0.15, 0.2) is 67.1 Å². The van der Waals surface area contributed by atoms with Gasteiger partial charge in [0.25, 0.3) is 0 Å². The number of amides is 2. The van der Waals surface area contributed by atoms with Gasteiger partial charge in [-0.2, -0.15) is 10.2 Å². The first-order valence-corrected chi connectivity index (χ1v) is 11.9. The van der Waals surface area contributed by atoms with Crippen LogP contribution in [0.4, 0.5) is 20.7 Å². The molecule has 0 fully saturated rings. The Labute approximate surface area is 214 Å². The number of pyridine rings is 1. The topological polar surface area (TPSA) is 89.7 Å². The number of benzene rings is 2. The Morgan fingerprint density at radius 1 is 0.973 bits per heavy atom. The maximum Gasteiger partial charge on any atom is 0.324 e. The Morgan fingerprint density at radius 3 is 2.43 bits per heavy atom. The van der Waals surface area contributed by atoms with E-state index in [2.05, 4.69) is 41.5 Å². The number of carbonyl (C=O) groups is 1. The molecule has 0 unspecified atom stereocenters. The van der Waals surface area contributed by atoms with E-state index in [9.17, 15) is 4.79 Å². The SMILES string of the molecule is Cc1ccc(-n2nc(C(C)(C)C)cc2NC(=O)Nc2ccc(-c3cncc4c3cnn4C)cc2F)cc1. The van der Waals surface area contributed by atoms with Gasteiger partial charge in [0.15, 0.2) is 0 Å². The van der Waals surface area contributed by atoms with Crippen molar-refractivity contribution >= 4 is 28.4 Å². The van der Waals surface area contributed by atoms with Crippen LogP contribution in [0.3, 0.4) is 0 Å². The molecule has 9 heteroatoms. The minimum atomic E-state index is -0.573. The molecule has 2 aromatic carbocycles. The van der Waals surface area contributed by atoms with E-state index in [0.717, 1.165) is 33.4 Å². The van der Waals surface area contributed by atoms with Crippen LogP contribution in [0.25, 0.3) is 27.7 Å². The van der Waals surface area contributed by atoms with Crippen molar-refractivity contribution in [2.24, 2.45) is 7.05 Å². The second kappa shape index (κ2) is 9.16. The predicted octanol–water partition coefficient (Wildman–Crippen LogP) is 6.21. The maximum absolute atomic E-state index is 15.1. The Morgan fingerprint density at radius 2 is 1.73 bits per heavy atom. The van der Waals surface area contributed by atoms with Gasteiger partial charge < -0.3 is 5.32 Å². The van der Waals surface area contributed by atoms with Gasteiger partial charge in [-0.3, -0.25) is 15.0 Å². The van der Waals surface area contributed by atoms with Gasteiger partial charge in [-0.05, 0) is 36.8 Å². The second-order valence-electron chi connectivity index (χ2n) is 10.1. The summed E-state index contributed by atoms with van der Waals surface area (Å²) < 4.78 is 18.5. The molecule has 5 rings (SSSR count). The Hall–Kier alpha value is -4.53. The van der Waals surface area contributed by atoms with Crippen molar-refractivity contribution in [3.05, 3.63) is 84.2 Å². The number of nitrogens with zero attached hydrogens (tertiary/aromatic N) is 5. The van der Waals surface area contributed by atoms with Crippen molar-refractivity contribution < 1.29 is 9.18 Å². The highest BCUT2D eigenvalue weighted by atomic mass is 19.1. The zero-order valence-electron chi connectivity index (χ0n) is 21.4. The molecule has 0 bridgehead atoms. The van der Waals surface area contributed by atoms with Crippen LogP contribution in [0.2, 0.25) is 0 Å². The predicted molar refractivity (Wildman–Crippen MR) is 144 cm³/mol. The van der Waals surface area contributed by atoms with Crippen LogP contribution >= 0.6 is 0 Å². The summed E-state index contributed by atoms with van der Waals surface area (Å²) in [6, 6.07) is 13.8. The summed E-state index contributed by atoms with van der Waals surface area (Å²) in [5, 5.41) is 15.3. The van der Waals surface area contributed by atoms with Gasteiger partial charge in [-0.1, -0.05) is 44.5 Å². The number of anilines is 2. The van der Waals surface area contributed by atoms with Crippen molar-refractivity contribution in [1.82, 2.24) is 24.5 Å². The second-order valence-corrected chi connectivity index (χ2v) is 10.1. The maximum atomic E-state index is 15.1. The summed E-state index contributed by atoms with van der Waals surface area (Å²) >= 11 is 0. The lowest BCUT2D eigenvalue weighted by Crippen LogP contribution is -2.22. The molecule has 0 aliphatic rings. The summed E-state index contributed by atoms with van der Waals surface area (Å²) in [5.74, 6) is -0.0754. The van der Waals surface area contributed by atoms with E-state index in [-0.39, 0.29) is 11.1 Å². The molecule has 0 radical (unpaired) electrons. The number of halogens is 1. The number of carbonyl (C=O) groups excluding carboxylic acids is 1. The lowest BCUT2D eigenvalue weighted by atomic mass is 9.92. The molecule has 0 aliphatic carbocycles. The summed E-state index contributed by atoms with van der Waals surface area (Å²) in [4.78, 5) is 17.2. The van der Waals surface area contributed by atoms with Crippen LogP contribution in [-0.4, -0.2) is 30.6 Å². The normalized spacial score (nSPS) is 11.6. The number of urea groups is 1. The van der Waals surface area contributed by atoms with Gasteiger partial charge in [0.2, 0.25) is 0 Å². The minimum Gasteiger partial charge on any atom is -0.305 e. The molecule has 8 nitrogen and oxygen atoms in total. The lowest BCUT2D eigenvalue weighted by Gasteiger charge is -2.14. The Bertz CT molecular complexity index is 1610. The third-order valence-corrected chi connectivity index (χ3v) is 6.20. The first-order valence-electron chi connectivity index (χ1n) is 11.9. The summed E-state index contributed by atoms with van der Waals surface area (Å²) in [5.41, 5.74) is 4.83. The Kier molecular flexibility index (Phi) is 5.99. The first kappa shape index (κ1) is 24.2. The van der Waals surface area contributed by atoms with Gasteiger partial charge in [0.1, 0.15) is 11.6 Å². The first-order chi connectivity index (χ1) is 17.6. The third kappa shape index (κ3) is 4.80. The van der Waals surface area contributed by atoms with Gasteiger partial charge in [0.05, 0.1) is 35.0 Å². The van der Waals surface area contributed by atoms with Crippen LogP contribution in [-0.2, 0) is 12.5 Å². The number of rotatable bonds is 4. The van der Waals surface area contributed by atoms with Crippen LogP contribution in [0.5, 0.6) is 0 Å². The summed E-state index contributed by atoms with van der Waals surface area (Å²) in [6.07, 6.45) is 5.12. The van der Waals surface area contributed by atoms with Crippen molar-refractivity contribution in [2.75, 3.05) is 10.6 Å². The molecular weight excluding hydrogens is 469 g/mol. The average Bonchev–Trinajstić information content (AvgIpc) is 3.45. The number of nitrogens with one attached hydrogen (secondary N) is 2. The molecular formula is C28H28FN7O. The summed E-state index contributed by atoms with van der Waals surface area (Å²) in [7, 11) is 1.83. The van der Waals surface area contributed by atoms with Gasteiger partial charge in [-0.25, -0.2) is 13.9 Å². The minimum absolute atomic E-state index is 0.0602. The molecule has 3 heterocycles. The standard InChI is InChI=1S/C28H28FN7O/c1-17-6-9-19(10-7-17)36-26(13-25(34-36)28(2,3)4)33-27(37)32-23-11-8-18(12-22(23)29)20-14-30-16-24-21(20)15-31-35(24)5/h6-16H,1-5H3,(H2,32,33,37). The lowest BCUT2D eigenvalue weighted by molar-refractivity contribution is 0.262. The van der Waals surface area contributed by atoms with Crippen LogP contribution in [0, 0.1) is 12.7 Å². The van der Waals surface area contributed by atoms with E-state index in [4.69, 9.17) is 5.10 Å². The van der Waals surface area contributed by atoms with E-state index < -0.39 is 11.8 Å². The number of fused-ring (bicyclic) bond motifs is 1. The molecule has 188 valence electrons. The highest BCUT2D eigenvalue weighted by molar-refractivity contribution is 6.00. The Balaban J connectivity index is 1.40. The zero-order valence-corrected chi connectivity index (χ0v) is 21.4. The fraction of sp³-hybridized carbons (Fsp3) is 0.214. The van der Waals surface area contributed by atoms with E-state index in [1.54, 1.807) is 34.0 Å². The monoisotopic (exact) mass is 497 g/mol. The van der Waals surface area contributed by atoms with E-state index in [1.807, 2.05) is 44.3 Å². The smallest absolute Gasteiger partial charge is 0.305 e. The van der Waals surface area contributed by atoms with Gasteiger partial charge in [-0.15, -0.1) is 0 Å². The quantitative estimate of drug-likeness (QED) is 0.309. The fourth-order valence-corrected chi connectivity index (χ4v) is 4.06. The van der Waals surface area contributed by atoms with Crippen molar-refractivity contribution in [2.45, 2.75) is 33.1 Å². The van der Waals surface area contributed by atoms with Gasteiger partial charge in [0, 0.05) is 35.7 Å². The van der Waals surface area contributed by atoms with Crippen molar-refractivity contribution in [3.63, 3.8) is 0 Å². The molecule has 0 aliphatic heterocycles.